The van der Waals surface area contributed by atoms with Crippen LogP contribution < -0.4 is 0 Å². The molecule has 0 saturated heterocycles. The molecule has 0 radical (unpaired) electrons. The molecule has 0 rings (SSSR count). The Morgan fingerprint density at radius 1 is 0.870 bits per heavy atom. The highest BCUT2D eigenvalue weighted by atomic mass is 17.2. The maximum Gasteiger partial charge on any atom is 0.346 e. The van der Waals surface area contributed by atoms with Gasteiger partial charge in [-0.05, 0) is 48.0 Å². The zero-order chi connectivity index (χ0) is 18.1. The number of rotatable bonds is 9. The SMILES string of the molecule is CCCCCC(CC(=O)OOC(C)(C)C)C(=O)OOC(C)(C)C. The Hall–Kier alpha value is -1.14. The molecular weight excluding hydrogens is 300 g/mol. The second kappa shape index (κ2) is 9.88. The van der Waals surface area contributed by atoms with Crippen molar-refractivity contribution in [3.63, 3.8) is 0 Å². The zero-order valence-electron chi connectivity index (χ0n) is 15.6. The Morgan fingerprint density at radius 2 is 1.39 bits per heavy atom. The topological polar surface area (TPSA) is 71.1 Å². The van der Waals surface area contributed by atoms with Gasteiger partial charge < -0.3 is 0 Å². The fourth-order valence-electron chi connectivity index (χ4n) is 1.58. The molecule has 23 heavy (non-hydrogen) atoms. The molecule has 0 aromatic carbocycles. The molecule has 6 nitrogen and oxygen atoms in total. The van der Waals surface area contributed by atoms with E-state index >= 15 is 0 Å². The van der Waals surface area contributed by atoms with Gasteiger partial charge in [0.1, 0.15) is 11.2 Å². The van der Waals surface area contributed by atoms with Crippen molar-refractivity contribution in [1.29, 1.82) is 0 Å². The predicted octanol–water partition coefficient (Wildman–Crippen LogP) is 4.12. The maximum absolute atomic E-state index is 12.1. The van der Waals surface area contributed by atoms with Crippen LogP contribution in [0, 0.1) is 5.92 Å². The van der Waals surface area contributed by atoms with E-state index in [-0.39, 0.29) is 6.42 Å². The van der Waals surface area contributed by atoms with Gasteiger partial charge in [-0.15, -0.1) is 0 Å². The summed E-state index contributed by atoms with van der Waals surface area (Å²) in [4.78, 5) is 43.6. The van der Waals surface area contributed by atoms with Gasteiger partial charge in [-0.1, -0.05) is 26.2 Å². The molecule has 0 spiro atoms. The van der Waals surface area contributed by atoms with Crippen LogP contribution in [0.5, 0.6) is 0 Å². The van der Waals surface area contributed by atoms with Gasteiger partial charge in [0.2, 0.25) is 0 Å². The second-order valence-electron chi connectivity index (χ2n) is 7.65. The number of hydrogen-bond acceptors (Lipinski definition) is 6. The zero-order valence-corrected chi connectivity index (χ0v) is 15.6. The van der Waals surface area contributed by atoms with Crippen molar-refractivity contribution in [2.24, 2.45) is 5.92 Å². The second-order valence-corrected chi connectivity index (χ2v) is 7.65. The number of carbonyl (C=O) groups is 2. The average Bonchev–Trinajstić information content (AvgIpc) is 2.40. The van der Waals surface area contributed by atoms with E-state index in [0.717, 1.165) is 19.3 Å². The Morgan fingerprint density at radius 3 is 1.87 bits per heavy atom. The Balaban J connectivity index is 4.54. The summed E-state index contributed by atoms with van der Waals surface area (Å²) in [6.45, 7) is 12.7. The van der Waals surface area contributed by atoms with E-state index in [1.807, 2.05) is 0 Å². The summed E-state index contributed by atoms with van der Waals surface area (Å²) in [7, 11) is 0. The van der Waals surface area contributed by atoms with Crippen LogP contribution in [0.4, 0.5) is 0 Å². The first kappa shape index (κ1) is 21.9. The van der Waals surface area contributed by atoms with Crippen molar-refractivity contribution in [1.82, 2.24) is 0 Å². The van der Waals surface area contributed by atoms with Crippen molar-refractivity contribution in [3.05, 3.63) is 0 Å². The minimum absolute atomic E-state index is 0.0911. The first-order chi connectivity index (χ1) is 10.4. The van der Waals surface area contributed by atoms with Crippen molar-refractivity contribution in [3.8, 4) is 0 Å². The van der Waals surface area contributed by atoms with E-state index in [9.17, 15) is 9.59 Å². The molecule has 0 aliphatic heterocycles. The van der Waals surface area contributed by atoms with E-state index in [2.05, 4.69) is 6.92 Å². The first-order valence-corrected chi connectivity index (χ1v) is 8.22. The lowest BCUT2D eigenvalue weighted by molar-refractivity contribution is -0.327. The van der Waals surface area contributed by atoms with E-state index in [1.165, 1.54) is 0 Å². The van der Waals surface area contributed by atoms with Gasteiger partial charge in [0.15, 0.2) is 0 Å². The van der Waals surface area contributed by atoms with Crippen LogP contribution in [0.1, 0.15) is 80.6 Å². The molecule has 136 valence electrons. The van der Waals surface area contributed by atoms with Gasteiger partial charge in [0.25, 0.3) is 0 Å². The van der Waals surface area contributed by atoms with Crippen LogP contribution in [-0.2, 0) is 29.1 Å². The van der Waals surface area contributed by atoms with Crippen LogP contribution >= 0.6 is 0 Å². The van der Waals surface area contributed by atoms with Gasteiger partial charge >= 0.3 is 11.9 Å². The summed E-state index contributed by atoms with van der Waals surface area (Å²) in [5.74, 6) is -1.74. The number of hydrogen-bond donors (Lipinski definition) is 0. The van der Waals surface area contributed by atoms with Crippen molar-refractivity contribution >= 4 is 11.9 Å². The van der Waals surface area contributed by atoms with Crippen molar-refractivity contribution < 1.29 is 29.1 Å². The largest absolute Gasteiger partial charge is 0.346 e. The van der Waals surface area contributed by atoms with Crippen molar-refractivity contribution in [2.45, 2.75) is 91.8 Å². The smallest absolute Gasteiger partial charge is 0.298 e. The maximum atomic E-state index is 12.1. The Labute approximate surface area is 139 Å². The molecule has 0 aromatic heterocycles. The lowest BCUT2D eigenvalue weighted by atomic mass is 9.98. The van der Waals surface area contributed by atoms with Gasteiger partial charge in [-0.25, -0.2) is 9.59 Å². The molecule has 0 heterocycles. The third-order valence-corrected chi connectivity index (χ3v) is 2.66. The average molecular weight is 332 g/mol. The highest BCUT2D eigenvalue weighted by Crippen LogP contribution is 2.19. The summed E-state index contributed by atoms with van der Waals surface area (Å²) in [6, 6.07) is 0. The lowest BCUT2D eigenvalue weighted by Crippen LogP contribution is -2.28. The molecule has 1 unspecified atom stereocenters. The highest BCUT2D eigenvalue weighted by Gasteiger charge is 2.28. The van der Waals surface area contributed by atoms with E-state index in [0.29, 0.717) is 6.42 Å². The molecule has 0 saturated carbocycles. The standard InChI is InChI=1S/C17H32O6/c1-8-9-10-11-13(15(19)21-23-17(5,6)7)12-14(18)20-22-16(2,3)4/h13H,8-12H2,1-7H3. The fraction of sp³-hybridized carbons (Fsp3) is 0.882. The van der Waals surface area contributed by atoms with Crippen LogP contribution in [0.15, 0.2) is 0 Å². The van der Waals surface area contributed by atoms with Crippen LogP contribution in [0.3, 0.4) is 0 Å². The molecule has 0 N–H and O–H groups in total. The monoisotopic (exact) mass is 332 g/mol. The molecule has 1 atom stereocenters. The minimum Gasteiger partial charge on any atom is -0.298 e. The predicted molar refractivity (Wildman–Crippen MR) is 86.1 cm³/mol. The molecule has 6 heteroatoms. The quantitative estimate of drug-likeness (QED) is 0.359. The molecule has 0 aliphatic carbocycles. The fourth-order valence-corrected chi connectivity index (χ4v) is 1.58. The number of carbonyl (C=O) groups excluding carboxylic acids is 2. The Kier molecular flexibility index (Phi) is 9.39. The Bertz CT molecular complexity index is 364. The van der Waals surface area contributed by atoms with Gasteiger partial charge in [-0.2, -0.15) is 9.78 Å². The minimum atomic E-state index is -0.598. The molecule has 0 amide bonds. The van der Waals surface area contributed by atoms with Gasteiger partial charge in [-0.3, -0.25) is 9.78 Å². The van der Waals surface area contributed by atoms with Crippen molar-refractivity contribution in [2.75, 3.05) is 0 Å². The van der Waals surface area contributed by atoms with E-state index in [4.69, 9.17) is 19.6 Å². The van der Waals surface area contributed by atoms with Gasteiger partial charge in [0, 0.05) is 0 Å². The van der Waals surface area contributed by atoms with E-state index in [1.54, 1.807) is 41.5 Å². The van der Waals surface area contributed by atoms with E-state index < -0.39 is 29.1 Å². The van der Waals surface area contributed by atoms with Crippen LogP contribution in [0.25, 0.3) is 0 Å². The molecular formula is C17H32O6. The van der Waals surface area contributed by atoms with Crippen LogP contribution in [0.2, 0.25) is 0 Å². The summed E-state index contributed by atoms with van der Waals surface area (Å²) in [5.41, 5.74) is -1.19. The summed E-state index contributed by atoms with van der Waals surface area (Å²) >= 11 is 0. The normalized spacial score (nSPS) is 13.5. The van der Waals surface area contributed by atoms with Gasteiger partial charge in [0.05, 0.1) is 12.3 Å². The summed E-state index contributed by atoms with van der Waals surface area (Å²) in [6.07, 6.45) is 3.30. The highest BCUT2D eigenvalue weighted by molar-refractivity contribution is 5.79. The third kappa shape index (κ3) is 13.0. The number of unbranched alkanes of at least 4 members (excludes halogenated alkanes) is 2. The molecule has 0 bridgehead atoms. The lowest BCUT2D eigenvalue weighted by Gasteiger charge is -2.20. The molecule has 0 aliphatic rings. The summed E-state index contributed by atoms with van der Waals surface area (Å²) in [5, 5.41) is 0. The third-order valence-electron chi connectivity index (χ3n) is 2.66. The molecule has 0 aromatic rings. The summed E-state index contributed by atoms with van der Waals surface area (Å²) < 4.78 is 0. The van der Waals surface area contributed by atoms with Crippen LogP contribution in [-0.4, -0.2) is 23.1 Å². The molecule has 0 fully saturated rings. The first-order valence-electron chi connectivity index (χ1n) is 8.22.